The number of rotatable bonds is 6. The van der Waals surface area contributed by atoms with Gasteiger partial charge in [-0.05, 0) is 49.9 Å². The Morgan fingerprint density at radius 1 is 1.04 bits per heavy atom. The average Bonchev–Trinajstić information content (AvgIpc) is 2.65. The van der Waals surface area contributed by atoms with Crippen LogP contribution in [0.3, 0.4) is 0 Å². The van der Waals surface area contributed by atoms with E-state index in [0.29, 0.717) is 6.04 Å². The molecule has 0 unspecified atom stereocenters. The number of likely N-dealkylation sites (tertiary alicyclic amines) is 1. The Morgan fingerprint density at radius 2 is 1.56 bits per heavy atom. The first-order valence-electron chi connectivity index (χ1n) is 8.91. The number of aryl methyl sites for hydroxylation is 2. The summed E-state index contributed by atoms with van der Waals surface area (Å²) in [5.41, 5.74) is 4.67. The van der Waals surface area contributed by atoms with Gasteiger partial charge in [0.25, 0.3) is 0 Å². The second kappa shape index (κ2) is 8.21. The highest BCUT2D eigenvalue weighted by Crippen LogP contribution is 2.21. The Morgan fingerprint density at radius 3 is 2.00 bits per heavy atom. The molecule has 0 saturated carbocycles. The molecule has 1 amide bonds. The van der Waals surface area contributed by atoms with E-state index in [1.54, 1.807) is 0 Å². The van der Waals surface area contributed by atoms with Crippen LogP contribution in [-0.4, -0.2) is 45.3 Å². The fourth-order valence-electron chi connectivity index (χ4n) is 3.42. The molecule has 25 heavy (non-hydrogen) atoms. The Kier molecular flexibility index (Phi) is 5.76. The first kappa shape index (κ1) is 17.5. The van der Waals surface area contributed by atoms with Gasteiger partial charge >= 0.3 is 0 Å². The molecular formula is C20H26N4O. The molecule has 0 bridgehead atoms. The van der Waals surface area contributed by atoms with E-state index in [4.69, 9.17) is 0 Å². The van der Waals surface area contributed by atoms with E-state index in [0.717, 1.165) is 56.8 Å². The van der Waals surface area contributed by atoms with E-state index in [9.17, 15) is 4.79 Å². The van der Waals surface area contributed by atoms with Gasteiger partial charge in [0.15, 0.2) is 0 Å². The van der Waals surface area contributed by atoms with Crippen molar-refractivity contribution in [2.24, 2.45) is 0 Å². The predicted molar refractivity (Wildman–Crippen MR) is 97.9 cm³/mol. The van der Waals surface area contributed by atoms with Crippen molar-refractivity contribution in [3.63, 3.8) is 0 Å². The number of carbonyl (C=O) groups is 1. The molecule has 3 heterocycles. The summed E-state index contributed by atoms with van der Waals surface area (Å²) in [5, 5.41) is 0. The van der Waals surface area contributed by atoms with Crippen molar-refractivity contribution in [2.75, 3.05) is 13.1 Å². The predicted octanol–water partition coefficient (Wildman–Crippen LogP) is 2.72. The quantitative estimate of drug-likeness (QED) is 0.760. The standard InChI is InChI=1S/C20H26N4O/c1-16-5-3-9-21-19(16)13-24(14-20-17(2)6-4-10-22-20)18-7-11-23(15-25)12-8-18/h3-6,9-10,15,18H,7-8,11-14H2,1-2H3. The summed E-state index contributed by atoms with van der Waals surface area (Å²) in [6, 6.07) is 8.63. The molecular weight excluding hydrogens is 312 g/mol. The van der Waals surface area contributed by atoms with Gasteiger partial charge in [0.2, 0.25) is 6.41 Å². The Bertz CT molecular complexity index is 663. The van der Waals surface area contributed by atoms with E-state index >= 15 is 0 Å². The molecule has 5 heteroatoms. The first-order valence-corrected chi connectivity index (χ1v) is 8.91. The summed E-state index contributed by atoms with van der Waals surface area (Å²) in [7, 11) is 0. The van der Waals surface area contributed by atoms with Crippen molar-refractivity contribution >= 4 is 6.41 Å². The number of pyridine rings is 2. The van der Waals surface area contributed by atoms with Crippen LogP contribution in [0.1, 0.15) is 35.4 Å². The zero-order valence-corrected chi connectivity index (χ0v) is 15.1. The number of aromatic nitrogens is 2. The smallest absolute Gasteiger partial charge is 0.209 e. The topological polar surface area (TPSA) is 49.3 Å². The summed E-state index contributed by atoms with van der Waals surface area (Å²) in [4.78, 5) is 24.5. The van der Waals surface area contributed by atoms with Gasteiger partial charge in [-0.25, -0.2) is 0 Å². The van der Waals surface area contributed by atoms with Gasteiger partial charge in [0.05, 0.1) is 11.4 Å². The number of nitrogens with zero attached hydrogens (tertiary/aromatic N) is 4. The minimum atomic E-state index is 0.444. The number of carbonyl (C=O) groups excluding carboxylic acids is 1. The minimum absolute atomic E-state index is 0.444. The molecule has 0 aromatic carbocycles. The van der Waals surface area contributed by atoms with E-state index in [1.165, 1.54) is 11.1 Å². The molecule has 1 aliphatic rings. The molecule has 0 radical (unpaired) electrons. The number of amides is 1. The molecule has 0 atom stereocenters. The molecule has 1 fully saturated rings. The molecule has 1 aliphatic heterocycles. The SMILES string of the molecule is Cc1cccnc1CN(Cc1ncccc1C)C1CCN(C=O)CC1. The molecule has 5 nitrogen and oxygen atoms in total. The van der Waals surface area contributed by atoms with Crippen LogP contribution in [-0.2, 0) is 17.9 Å². The molecule has 2 aromatic rings. The lowest BCUT2D eigenvalue weighted by molar-refractivity contribution is -0.119. The fourth-order valence-corrected chi connectivity index (χ4v) is 3.42. The normalized spacial score (nSPS) is 15.6. The van der Waals surface area contributed by atoms with Gasteiger partial charge < -0.3 is 4.90 Å². The summed E-state index contributed by atoms with van der Waals surface area (Å²) < 4.78 is 0. The highest BCUT2D eigenvalue weighted by molar-refractivity contribution is 5.47. The molecule has 0 spiro atoms. The van der Waals surface area contributed by atoms with Gasteiger partial charge in [-0.1, -0.05) is 12.1 Å². The van der Waals surface area contributed by atoms with Crippen molar-refractivity contribution in [3.8, 4) is 0 Å². The van der Waals surface area contributed by atoms with Crippen molar-refractivity contribution in [3.05, 3.63) is 59.2 Å². The summed E-state index contributed by atoms with van der Waals surface area (Å²) in [6.07, 6.45) is 6.68. The summed E-state index contributed by atoms with van der Waals surface area (Å²) in [6.45, 7) is 7.51. The van der Waals surface area contributed by atoms with E-state index in [-0.39, 0.29) is 0 Å². The third kappa shape index (κ3) is 4.42. The number of hydrogen-bond donors (Lipinski definition) is 0. The maximum atomic E-state index is 11.0. The van der Waals surface area contributed by atoms with Crippen molar-refractivity contribution in [1.82, 2.24) is 19.8 Å². The Hall–Kier alpha value is -2.27. The van der Waals surface area contributed by atoms with E-state index < -0.39 is 0 Å². The second-order valence-corrected chi connectivity index (χ2v) is 6.81. The van der Waals surface area contributed by atoms with Gasteiger partial charge in [0.1, 0.15) is 0 Å². The van der Waals surface area contributed by atoms with Crippen LogP contribution in [0.2, 0.25) is 0 Å². The Labute approximate surface area is 149 Å². The van der Waals surface area contributed by atoms with Crippen molar-refractivity contribution < 1.29 is 4.79 Å². The van der Waals surface area contributed by atoms with Gasteiger partial charge in [-0.2, -0.15) is 0 Å². The minimum Gasteiger partial charge on any atom is -0.345 e. The van der Waals surface area contributed by atoms with Crippen LogP contribution in [0.15, 0.2) is 36.7 Å². The molecule has 1 saturated heterocycles. The molecule has 132 valence electrons. The van der Waals surface area contributed by atoms with Crippen molar-refractivity contribution in [1.29, 1.82) is 0 Å². The third-order valence-corrected chi connectivity index (χ3v) is 5.11. The first-order chi connectivity index (χ1) is 12.2. The van der Waals surface area contributed by atoms with E-state index in [2.05, 4.69) is 40.8 Å². The Balaban J connectivity index is 1.79. The summed E-state index contributed by atoms with van der Waals surface area (Å²) in [5.74, 6) is 0. The zero-order chi connectivity index (χ0) is 17.6. The largest absolute Gasteiger partial charge is 0.345 e. The highest BCUT2D eigenvalue weighted by atomic mass is 16.1. The molecule has 0 N–H and O–H groups in total. The molecule has 0 aliphatic carbocycles. The monoisotopic (exact) mass is 338 g/mol. The van der Waals surface area contributed by atoms with Crippen molar-refractivity contribution in [2.45, 2.75) is 45.8 Å². The zero-order valence-electron chi connectivity index (χ0n) is 15.1. The maximum absolute atomic E-state index is 11.0. The highest BCUT2D eigenvalue weighted by Gasteiger charge is 2.25. The molecule has 2 aromatic heterocycles. The number of hydrogen-bond acceptors (Lipinski definition) is 4. The fraction of sp³-hybridized carbons (Fsp3) is 0.450. The summed E-state index contributed by atoms with van der Waals surface area (Å²) >= 11 is 0. The molecule has 3 rings (SSSR count). The van der Waals surface area contributed by atoms with Gasteiger partial charge in [-0.15, -0.1) is 0 Å². The lowest BCUT2D eigenvalue weighted by atomic mass is 10.0. The van der Waals surface area contributed by atoms with E-state index in [1.807, 2.05) is 29.4 Å². The van der Waals surface area contributed by atoms with Crippen LogP contribution < -0.4 is 0 Å². The van der Waals surface area contributed by atoms with Crippen LogP contribution in [0.5, 0.6) is 0 Å². The number of piperidine rings is 1. The maximum Gasteiger partial charge on any atom is 0.209 e. The average molecular weight is 338 g/mol. The van der Waals surface area contributed by atoms with Crippen LogP contribution in [0, 0.1) is 13.8 Å². The third-order valence-electron chi connectivity index (χ3n) is 5.11. The van der Waals surface area contributed by atoms with Gasteiger partial charge in [-0.3, -0.25) is 19.7 Å². The lowest BCUT2D eigenvalue weighted by Gasteiger charge is -2.37. The van der Waals surface area contributed by atoms with Crippen LogP contribution >= 0.6 is 0 Å². The second-order valence-electron chi connectivity index (χ2n) is 6.81. The van der Waals surface area contributed by atoms with Crippen LogP contribution in [0.25, 0.3) is 0 Å². The van der Waals surface area contributed by atoms with Crippen LogP contribution in [0.4, 0.5) is 0 Å². The lowest BCUT2D eigenvalue weighted by Crippen LogP contribution is -2.44. The van der Waals surface area contributed by atoms with Gasteiger partial charge in [0, 0.05) is 44.6 Å².